The second-order valence-corrected chi connectivity index (χ2v) is 4.30. The maximum Gasteiger partial charge on any atom is 0.302 e. The summed E-state index contributed by atoms with van der Waals surface area (Å²) in [7, 11) is 0. The molecule has 4 nitrogen and oxygen atoms in total. The fourth-order valence-corrected chi connectivity index (χ4v) is 1.82. The molecule has 2 aliphatic carbocycles. The molecule has 0 saturated heterocycles. The summed E-state index contributed by atoms with van der Waals surface area (Å²) < 4.78 is 16.5. The standard InChI is InChI=1S/C15H18O4/c1-12(16)17-11-10-15(18-13-6-2-3-7-13)19-14-8-4-5-9-14/h2-9,13-15H,10-11H2,1H3. The van der Waals surface area contributed by atoms with E-state index in [-0.39, 0.29) is 18.2 Å². The summed E-state index contributed by atoms with van der Waals surface area (Å²) >= 11 is 0. The largest absolute Gasteiger partial charge is 0.466 e. The third-order valence-corrected chi connectivity index (χ3v) is 2.70. The summed E-state index contributed by atoms with van der Waals surface area (Å²) in [6.45, 7) is 1.68. The minimum absolute atomic E-state index is 0.0725. The number of ether oxygens (including phenoxy) is 3. The molecule has 0 aliphatic heterocycles. The molecule has 0 radical (unpaired) electrons. The Labute approximate surface area is 113 Å². The Hall–Kier alpha value is -1.65. The van der Waals surface area contributed by atoms with E-state index in [1.165, 1.54) is 6.92 Å². The predicted octanol–water partition coefficient (Wildman–Crippen LogP) is 2.29. The fraction of sp³-hybridized carbons (Fsp3) is 0.400. The van der Waals surface area contributed by atoms with Crippen LogP contribution in [0.5, 0.6) is 0 Å². The average Bonchev–Trinajstić information content (AvgIpc) is 3.01. The van der Waals surface area contributed by atoms with E-state index in [0.717, 1.165) is 0 Å². The summed E-state index contributed by atoms with van der Waals surface area (Å²) in [6, 6.07) is 0. The van der Waals surface area contributed by atoms with Gasteiger partial charge in [0.05, 0.1) is 18.8 Å². The van der Waals surface area contributed by atoms with Crippen LogP contribution in [-0.2, 0) is 19.0 Å². The quantitative estimate of drug-likeness (QED) is 0.521. The first-order chi connectivity index (χ1) is 9.24. The molecule has 0 spiro atoms. The van der Waals surface area contributed by atoms with E-state index in [1.807, 2.05) is 48.6 Å². The molecule has 0 saturated carbocycles. The highest BCUT2D eigenvalue weighted by Crippen LogP contribution is 2.16. The van der Waals surface area contributed by atoms with E-state index >= 15 is 0 Å². The van der Waals surface area contributed by atoms with Crippen molar-refractivity contribution in [2.75, 3.05) is 6.61 Å². The number of hydrogen-bond donors (Lipinski definition) is 0. The Kier molecular flexibility index (Phi) is 5.12. The van der Waals surface area contributed by atoms with E-state index in [1.54, 1.807) is 0 Å². The van der Waals surface area contributed by atoms with Gasteiger partial charge in [-0.3, -0.25) is 4.79 Å². The molecule has 0 bridgehead atoms. The summed E-state index contributed by atoms with van der Waals surface area (Å²) in [6.07, 6.45) is 15.5. The first kappa shape index (κ1) is 13.8. The third kappa shape index (κ3) is 4.85. The van der Waals surface area contributed by atoms with Crippen molar-refractivity contribution >= 4 is 5.97 Å². The lowest BCUT2D eigenvalue weighted by molar-refractivity contribution is -0.170. The van der Waals surface area contributed by atoms with Gasteiger partial charge in [0.1, 0.15) is 0 Å². The first-order valence-electron chi connectivity index (χ1n) is 6.38. The van der Waals surface area contributed by atoms with Crippen LogP contribution in [-0.4, -0.2) is 31.1 Å². The van der Waals surface area contributed by atoms with Gasteiger partial charge < -0.3 is 14.2 Å². The van der Waals surface area contributed by atoms with Crippen molar-refractivity contribution < 1.29 is 19.0 Å². The zero-order valence-electron chi connectivity index (χ0n) is 10.9. The smallest absolute Gasteiger partial charge is 0.302 e. The molecular formula is C15H18O4. The summed E-state index contributed by atoms with van der Waals surface area (Å²) in [4.78, 5) is 10.8. The van der Waals surface area contributed by atoms with Gasteiger partial charge >= 0.3 is 5.97 Å². The lowest BCUT2D eigenvalue weighted by atomic mass is 10.3. The number of rotatable bonds is 7. The van der Waals surface area contributed by atoms with Crippen molar-refractivity contribution in [1.29, 1.82) is 0 Å². The van der Waals surface area contributed by atoms with Crippen molar-refractivity contribution in [3.63, 3.8) is 0 Å². The molecule has 19 heavy (non-hydrogen) atoms. The van der Waals surface area contributed by atoms with E-state index in [2.05, 4.69) is 0 Å². The number of hydrogen-bond acceptors (Lipinski definition) is 4. The van der Waals surface area contributed by atoms with Crippen molar-refractivity contribution in [1.82, 2.24) is 0 Å². The lowest BCUT2D eigenvalue weighted by Crippen LogP contribution is -2.27. The Balaban J connectivity index is 1.82. The highest BCUT2D eigenvalue weighted by atomic mass is 16.7. The van der Waals surface area contributed by atoms with Crippen LogP contribution in [0.1, 0.15) is 13.3 Å². The minimum Gasteiger partial charge on any atom is -0.466 e. The fourth-order valence-electron chi connectivity index (χ4n) is 1.82. The molecule has 0 aromatic carbocycles. The highest BCUT2D eigenvalue weighted by Gasteiger charge is 2.19. The maximum atomic E-state index is 10.8. The SMILES string of the molecule is CC(=O)OCCC(OC1C=CC=C1)OC1C=CC=C1. The Morgan fingerprint density at radius 1 is 1.00 bits per heavy atom. The van der Waals surface area contributed by atoms with Gasteiger partial charge in [0.2, 0.25) is 0 Å². The minimum atomic E-state index is -0.408. The molecule has 0 atom stereocenters. The van der Waals surface area contributed by atoms with Crippen molar-refractivity contribution in [2.45, 2.75) is 31.8 Å². The van der Waals surface area contributed by atoms with Gasteiger partial charge in [-0.05, 0) is 0 Å². The van der Waals surface area contributed by atoms with Crippen LogP contribution in [0.3, 0.4) is 0 Å². The molecule has 102 valence electrons. The second-order valence-electron chi connectivity index (χ2n) is 4.30. The summed E-state index contributed by atoms with van der Waals surface area (Å²) in [5.74, 6) is -0.292. The van der Waals surface area contributed by atoms with E-state index in [0.29, 0.717) is 13.0 Å². The molecule has 0 amide bonds. The summed E-state index contributed by atoms with van der Waals surface area (Å²) in [5.41, 5.74) is 0. The summed E-state index contributed by atoms with van der Waals surface area (Å²) in [5, 5.41) is 0. The van der Waals surface area contributed by atoms with Crippen LogP contribution in [0.25, 0.3) is 0 Å². The topological polar surface area (TPSA) is 44.8 Å². The van der Waals surface area contributed by atoms with E-state index < -0.39 is 6.29 Å². The molecule has 0 N–H and O–H groups in total. The van der Waals surface area contributed by atoms with Crippen LogP contribution in [0.4, 0.5) is 0 Å². The molecule has 2 rings (SSSR count). The molecule has 0 aromatic heterocycles. The molecule has 0 fully saturated rings. The number of allylic oxidation sites excluding steroid dienone is 4. The first-order valence-corrected chi connectivity index (χ1v) is 6.38. The zero-order chi connectivity index (χ0) is 13.5. The maximum absolute atomic E-state index is 10.8. The van der Waals surface area contributed by atoms with Gasteiger partial charge in [-0.15, -0.1) is 0 Å². The van der Waals surface area contributed by atoms with Gasteiger partial charge in [-0.25, -0.2) is 0 Å². The number of carbonyl (C=O) groups is 1. The molecule has 4 heteroatoms. The lowest BCUT2D eigenvalue weighted by Gasteiger charge is -2.23. The Bertz CT molecular complexity index is 366. The molecule has 0 heterocycles. The van der Waals surface area contributed by atoms with Gasteiger partial charge in [0.25, 0.3) is 0 Å². The Morgan fingerprint density at radius 3 is 1.89 bits per heavy atom. The predicted molar refractivity (Wildman–Crippen MR) is 71.3 cm³/mol. The van der Waals surface area contributed by atoms with Crippen LogP contribution < -0.4 is 0 Å². The van der Waals surface area contributed by atoms with Gasteiger partial charge in [0, 0.05) is 13.3 Å². The van der Waals surface area contributed by atoms with Crippen LogP contribution in [0, 0.1) is 0 Å². The van der Waals surface area contributed by atoms with Crippen molar-refractivity contribution in [3.05, 3.63) is 48.6 Å². The van der Waals surface area contributed by atoms with Gasteiger partial charge in [-0.1, -0.05) is 48.6 Å². The Morgan fingerprint density at radius 2 is 1.47 bits per heavy atom. The molecule has 0 unspecified atom stereocenters. The second kappa shape index (κ2) is 7.07. The van der Waals surface area contributed by atoms with Crippen LogP contribution in [0.2, 0.25) is 0 Å². The van der Waals surface area contributed by atoms with E-state index in [9.17, 15) is 4.79 Å². The zero-order valence-corrected chi connectivity index (χ0v) is 10.9. The third-order valence-electron chi connectivity index (χ3n) is 2.70. The number of esters is 1. The van der Waals surface area contributed by atoms with Crippen LogP contribution in [0.15, 0.2) is 48.6 Å². The van der Waals surface area contributed by atoms with Crippen molar-refractivity contribution in [3.8, 4) is 0 Å². The van der Waals surface area contributed by atoms with Crippen molar-refractivity contribution in [2.24, 2.45) is 0 Å². The number of carbonyl (C=O) groups excluding carboxylic acids is 1. The van der Waals surface area contributed by atoms with E-state index in [4.69, 9.17) is 14.2 Å². The van der Waals surface area contributed by atoms with Crippen LogP contribution >= 0.6 is 0 Å². The molecule has 0 aromatic rings. The molecular weight excluding hydrogens is 244 g/mol. The van der Waals surface area contributed by atoms with Gasteiger partial charge in [-0.2, -0.15) is 0 Å². The highest BCUT2D eigenvalue weighted by molar-refractivity contribution is 5.65. The average molecular weight is 262 g/mol. The monoisotopic (exact) mass is 262 g/mol. The van der Waals surface area contributed by atoms with Gasteiger partial charge in [0.15, 0.2) is 6.29 Å². The normalized spacial score (nSPS) is 18.0. The molecule has 2 aliphatic rings.